The molecule has 2 heterocycles. The van der Waals surface area contributed by atoms with Crippen molar-refractivity contribution in [2.75, 3.05) is 19.7 Å². The third-order valence-electron chi connectivity index (χ3n) is 5.06. The van der Waals surface area contributed by atoms with Gasteiger partial charge in [-0.15, -0.1) is 0 Å². The Morgan fingerprint density at radius 3 is 2.63 bits per heavy atom. The molecule has 0 unspecified atom stereocenters. The summed E-state index contributed by atoms with van der Waals surface area (Å²) in [6.07, 6.45) is 1.65. The molecule has 0 bridgehead atoms. The molecule has 1 aromatic heterocycles. The molecule has 3 rings (SSSR count). The van der Waals surface area contributed by atoms with Gasteiger partial charge in [-0.25, -0.2) is 0 Å². The Morgan fingerprint density at radius 1 is 1.17 bits per heavy atom. The van der Waals surface area contributed by atoms with Gasteiger partial charge in [-0.3, -0.25) is 25.2 Å². The molecule has 0 radical (unpaired) electrons. The van der Waals surface area contributed by atoms with E-state index in [1.807, 2.05) is 30.3 Å². The number of hydrogen-bond acceptors (Lipinski definition) is 5. The highest BCUT2D eigenvalue weighted by atomic mass is 16.5. The van der Waals surface area contributed by atoms with Crippen LogP contribution in [0.15, 0.2) is 40.8 Å². The molecule has 1 aliphatic rings. The van der Waals surface area contributed by atoms with E-state index in [9.17, 15) is 14.4 Å². The summed E-state index contributed by atoms with van der Waals surface area (Å²) in [5.41, 5.74) is 5.27. The maximum atomic E-state index is 12.5. The molecule has 0 aliphatic carbocycles. The van der Waals surface area contributed by atoms with Crippen LogP contribution in [0.4, 0.5) is 0 Å². The van der Waals surface area contributed by atoms with E-state index in [4.69, 9.17) is 9.15 Å². The van der Waals surface area contributed by atoms with Crippen LogP contribution in [0.2, 0.25) is 0 Å². The van der Waals surface area contributed by atoms with Crippen LogP contribution in [0, 0.1) is 19.8 Å². The number of furan rings is 1. The van der Waals surface area contributed by atoms with Crippen molar-refractivity contribution in [3.63, 3.8) is 0 Å². The van der Waals surface area contributed by atoms with Crippen molar-refractivity contribution in [2.24, 2.45) is 5.92 Å². The third-order valence-corrected chi connectivity index (χ3v) is 5.06. The van der Waals surface area contributed by atoms with Gasteiger partial charge in [-0.05, 0) is 44.9 Å². The van der Waals surface area contributed by atoms with Gasteiger partial charge in [0.05, 0.1) is 24.5 Å². The Bertz CT molecular complexity index is 893. The van der Waals surface area contributed by atoms with Crippen LogP contribution in [0.5, 0.6) is 5.75 Å². The fourth-order valence-electron chi connectivity index (χ4n) is 3.49. The van der Waals surface area contributed by atoms with Gasteiger partial charge in [0.15, 0.2) is 0 Å². The van der Waals surface area contributed by atoms with Crippen molar-refractivity contribution < 1.29 is 23.5 Å². The van der Waals surface area contributed by atoms with Crippen molar-refractivity contribution in [2.45, 2.75) is 33.1 Å². The number of benzene rings is 1. The molecule has 8 nitrogen and oxygen atoms in total. The van der Waals surface area contributed by atoms with E-state index in [-0.39, 0.29) is 30.8 Å². The van der Waals surface area contributed by atoms with Gasteiger partial charge in [-0.1, -0.05) is 18.2 Å². The predicted molar refractivity (Wildman–Crippen MR) is 110 cm³/mol. The molecule has 0 spiro atoms. The Balaban J connectivity index is 1.44. The van der Waals surface area contributed by atoms with E-state index in [1.165, 1.54) is 0 Å². The van der Waals surface area contributed by atoms with Gasteiger partial charge in [0.1, 0.15) is 17.3 Å². The summed E-state index contributed by atoms with van der Waals surface area (Å²) in [6.45, 7) is 4.68. The molecule has 1 fully saturated rings. The quantitative estimate of drug-likeness (QED) is 0.708. The minimum atomic E-state index is -0.431. The number of piperidine rings is 1. The largest absolute Gasteiger partial charge is 0.493 e. The molecule has 8 heteroatoms. The summed E-state index contributed by atoms with van der Waals surface area (Å²) >= 11 is 0. The first kappa shape index (κ1) is 21.4. The van der Waals surface area contributed by atoms with Crippen molar-refractivity contribution in [3.05, 3.63) is 53.5 Å². The Morgan fingerprint density at radius 2 is 1.93 bits per heavy atom. The number of carbonyl (C=O) groups excluding carboxylic acids is 3. The monoisotopic (exact) mass is 413 g/mol. The van der Waals surface area contributed by atoms with Crippen molar-refractivity contribution in [1.82, 2.24) is 15.8 Å². The standard InChI is InChI=1S/C22H27N3O5/c1-15-13-19(16(2)30-15)22(28)24-23-21(27)17-7-6-11-25(14-17)20(26)10-12-29-18-8-4-3-5-9-18/h3-5,8-9,13,17H,6-7,10-12,14H2,1-2H3,(H,23,27)(H,24,28)/t17-/m1/s1. The molecule has 1 aromatic carbocycles. The minimum absolute atomic E-state index is 0.0445. The number of nitrogens with one attached hydrogen (secondary N) is 2. The fourth-order valence-corrected chi connectivity index (χ4v) is 3.49. The molecular weight excluding hydrogens is 386 g/mol. The average molecular weight is 413 g/mol. The molecule has 1 saturated heterocycles. The number of ether oxygens (including phenoxy) is 1. The molecule has 0 saturated carbocycles. The number of hydrogen-bond donors (Lipinski definition) is 2. The fraction of sp³-hybridized carbons (Fsp3) is 0.409. The maximum absolute atomic E-state index is 12.5. The topological polar surface area (TPSA) is 101 Å². The third kappa shape index (κ3) is 5.62. The summed E-state index contributed by atoms with van der Waals surface area (Å²) in [7, 11) is 0. The van der Waals surface area contributed by atoms with Crippen LogP contribution in [0.1, 0.15) is 41.1 Å². The Hall–Kier alpha value is -3.29. The molecule has 30 heavy (non-hydrogen) atoms. The number of para-hydroxylation sites is 1. The van der Waals surface area contributed by atoms with Crippen molar-refractivity contribution >= 4 is 17.7 Å². The van der Waals surface area contributed by atoms with Crippen LogP contribution < -0.4 is 15.6 Å². The van der Waals surface area contributed by atoms with E-state index in [1.54, 1.807) is 24.8 Å². The van der Waals surface area contributed by atoms with E-state index in [0.717, 1.165) is 12.2 Å². The second-order valence-corrected chi connectivity index (χ2v) is 7.36. The summed E-state index contributed by atoms with van der Waals surface area (Å²) < 4.78 is 10.9. The van der Waals surface area contributed by atoms with Crippen molar-refractivity contribution in [1.29, 1.82) is 0 Å². The lowest BCUT2D eigenvalue weighted by molar-refractivity contribution is -0.136. The number of nitrogens with zero attached hydrogens (tertiary/aromatic N) is 1. The number of carbonyl (C=O) groups is 3. The lowest BCUT2D eigenvalue weighted by Gasteiger charge is -2.32. The number of amides is 3. The second kappa shape index (κ2) is 9.96. The molecule has 1 atom stereocenters. The lowest BCUT2D eigenvalue weighted by atomic mass is 9.97. The highest BCUT2D eigenvalue weighted by molar-refractivity contribution is 5.96. The number of aryl methyl sites for hydroxylation is 2. The van der Waals surface area contributed by atoms with Gasteiger partial charge < -0.3 is 14.1 Å². The van der Waals surface area contributed by atoms with Crippen LogP contribution in [0.3, 0.4) is 0 Å². The summed E-state index contributed by atoms with van der Waals surface area (Å²) in [6, 6.07) is 10.9. The normalized spacial score (nSPS) is 16.1. The van der Waals surface area contributed by atoms with Gasteiger partial charge in [0.25, 0.3) is 5.91 Å². The van der Waals surface area contributed by atoms with Gasteiger partial charge in [-0.2, -0.15) is 0 Å². The van der Waals surface area contributed by atoms with E-state index in [2.05, 4.69) is 10.9 Å². The maximum Gasteiger partial charge on any atom is 0.273 e. The molecule has 2 N–H and O–H groups in total. The number of hydrazine groups is 1. The summed E-state index contributed by atoms with van der Waals surface area (Å²) in [5, 5.41) is 0. The first-order valence-electron chi connectivity index (χ1n) is 10.1. The van der Waals surface area contributed by atoms with Gasteiger partial charge in [0.2, 0.25) is 11.8 Å². The molecule has 1 aliphatic heterocycles. The highest BCUT2D eigenvalue weighted by Gasteiger charge is 2.28. The second-order valence-electron chi connectivity index (χ2n) is 7.36. The van der Waals surface area contributed by atoms with E-state index >= 15 is 0 Å². The van der Waals surface area contributed by atoms with Gasteiger partial charge in [0, 0.05) is 13.1 Å². The Kier molecular flexibility index (Phi) is 7.11. The smallest absolute Gasteiger partial charge is 0.273 e. The summed E-state index contributed by atoms with van der Waals surface area (Å²) in [5.74, 6) is 0.689. The van der Waals surface area contributed by atoms with Gasteiger partial charge >= 0.3 is 0 Å². The van der Waals surface area contributed by atoms with Crippen LogP contribution in [0.25, 0.3) is 0 Å². The average Bonchev–Trinajstić information content (AvgIpc) is 3.10. The van der Waals surface area contributed by atoms with Crippen molar-refractivity contribution in [3.8, 4) is 5.75 Å². The Labute approximate surface area is 175 Å². The zero-order valence-electron chi connectivity index (χ0n) is 17.3. The first-order chi connectivity index (χ1) is 14.4. The van der Waals surface area contributed by atoms with E-state index < -0.39 is 5.91 Å². The zero-order chi connectivity index (χ0) is 21.5. The SMILES string of the molecule is Cc1cc(C(=O)NNC(=O)[C@@H]2CCCN(C(=O)CCOc3ccccc3)C2)c(C)o1. The zero-order valence-corrected chi connectivity index (χ0v) is 17.3. The number of rotatable bonds is 6. The highest BCUT2D eigenvalue weighted by Crippen LogP contribution is 2.18. The van der Waals surface area contributed by atoms with E-state index in [0.29, 0.717) is 36.6 Å². The molecule has 160 valence electrons. The van der Waals surface area contributed by atoms with Crippen LogP contribution in [-0.4, -0.2) is 42.3 Å². The predicted octanol–water partition coefficient (Wildman–Crippen LogP) is 2.37. The van der Waals surface area contributed by atoms with Crippen LogP contribution >= 0.6 is 0 Å². The molecule has 2 aromatic rings. The minimum Gasteiger partial charge on any atom is -0.493 e. The van der Waals surface area contributed by atoms with Crippen LogP contribution in [-0.2, 0) is 9.59 Å². The molecule has 3 amide bonds. The first-order valence-corrected chi connectivity index (χ1v) is 10.1. The molecular formula is C22H27N3O5. The lowest BCUT2D eigenvalue weighted by Crippen LogP contribution is -2.50. The number of likely N-dealkylation sites (tertiary alicyclic amines) is 1. The summed E-state index contributed by atoms with van der Waals surface area (Å²) in [4.78, 5) is 38.9.